The van der Waals surface area contributed by atoms with Crippen molar-refractivity contribution in [3.05, 3.63) is 35.6 Å². The maximum Gasteiger partial charge on any atom is 0.123 e. The molecular weight excluding hydrogens is 277 g/mol. The van der Waals surface area contributed by atoms with Crippen molar-refractivity contribution in [1.82, 2.24) is 15.8 Å². The van der Waals surface area contributed by atoms with E-state index in [2.05, 4.69) is 35.7 Å². The second-order valence-corrected chi connectivity index (χ2v) is 7.27. The first-order valence-corrected chi connectivity index (χ1v) is 8.59. The zero-order valence-electron chi connectivity index (χ0n) is 13.7. The van der Waals surface area contributed by atoms with Crippen molar-refractivity contribution in [2.45, 2.75) is 38.6 Å². The molecule has 0 amide bonds. The van der Waals surface area contributed by atoms with E-state index in [0.717, 1.165) is 18.7 Å². The number of hydrogen-bond donors (Lipinski definition) is 2. The van der Waals surface area contributed by atoms with E-state index in [1.165, 1.54) is 32.0 Å². The van der Waals surface area contributed by atoms with Gasteiger partial charge in [-0.2, -0.15) is 0 Å². The zero-order chi connectivity index (χ0) is 15.5. The van der Waals surface area contributed by atoms with Crippen LogP contribution >= 0.6 is 0 Å². The van der Waals surface area contributed by atoms with Crippen LogP contribution in [0.4, 0.5) is 4.39 Å². The fourth-order valence-electron chi connectivity index (χ4n) is 4.09. The van der Waals surface area contributed by atoms with Gasteiger partial charge in [0.05, 0.1) is 0 Å². The number of hydrazine groups is 1. The monoisotopic (exact) mass is 305 g/mol. The number of halogens is 1. The molecule has 1 aromatic carbocycles. The maximum atomic E-state index is 13.5. The van der Waals surface area contributed by atoms with Gasteiger partial charge in [-0.1, -0.05) is 26.0 Å². The van der Waals surface area contributed by atoms with Crippen molar-refractivity contribution in [3.8, 4) is 0 Å². The van der Waals surface area contributed by atoms with Crippen LogP contribution in [0.2, 0.25) is 0 Å². The van der Waals surface area contributed by atoms with Gasteiger partial charge in [0.1, 0.15) is 5.82 Å². The van der Waals surface area contributed by atoms with Gasteiger partial charge < -0.3 is 4.90 Å². The Kier molecular flexibility index (Phi) is 5.11. The molecule has 2 N–H and O–H groups in total. The molecule has 0 aromatic heterocycles. The molecule has 4 heteroatoms. The lowest BCUT2D eigenvalue weighted by atomic mass is 9.81. The number of rotatable bonds is 4. The molecule has 3 nitrogen and oxygen atoms in total. The van der Waals surface area contributed by atoms with Crippen LogP contribution < -0.4 is 10.9 Å². The first-order chi connectivity index (χ1) is 10.6. The zero-order valence-corrected chi connectivity index (χ0v) is 13.7. The summed E-state index contributed by atoms with van der Waals surface area (Å²) < 4.78 is 13.5. The van der Waals surface area contributed by atoms with Gasteiger partial charge in [-0.15, -0.1) is 0 Å². The Morgan fingerprint density at radius 2 is 2.23 bits per heavy atom. The van der Waals surface area contributed by atoms with E-state index in [4.69, 9.17) is 0 Å². The number of hydrogen-bond acceptors (Lipinski definition) is 3. The lowest BCUT2D eigenvalue weighted by Crippen LogP contribution is -2.47. The summed E-state index contributed by atoms with van der Waals surface area (Å²) in [6.45, 7) is 9.02. The fraction of sp³-hybridized carbons (Fsp3) is 0.667. The summed E-state index contributed by atoms with van der Waals surface area (Å²) in [5.74, 6) is 1.58. The Balaban J connectivity index is 1.70. The van der Waals surface area contributed by atoms with Crippen LogP contribution in [0.25, 0.3) is 0 Å². The molecule has 0 bridgehead atoms. The average molecular weight is 305 g/mol. The highest BCUT2D eigenvalue weighted by atomic mass is 19.1. The molecule has 0 radical (unpaired) electrons. The molecule has 0 aliphatic carbocycles. The highest BCUT2D eigenvalue weighted by molar-refractivity contribution is 5.24. The van der Waals surface area contributed by atoms with E-state index in [-0.39, 0.29) is 5.82 Å². The standard InChI is InChI=1S/C18H28FN3/c1-13(2)11-22-8-4-6-15(12-22)18-17(10-20-21-18)14-5-3-7-16(19)9-14/h3,5,7,9,13,15,17-18,20-21H,4,6,8,10-12H2,1-2H3. The topological polar surface area (TPSA) is 27.3 Å². The van der Waals surface area contributed by atoms with Crippen LogP contribution in [0, 0.1) is 17.7 Å². The van der Waals surface area contributed by atoms with E-state index in [9.17, 15) is 4.39 Å². The number of benzene rings is 1. The van der Waals surface area contributed by atoms with E-state index < -0.39 is 0 Å². The Bertz CT molecular complexity index is 491. The van der Waals surface area contributed by atoms with Gasteiger partial charge in [0.15, 0.2) is 0 Å². The van der Waals surface area contributed by atoms with Crippen molar-refractivity contribution in [2.75, 3.05) is 26.2 Å². The number of nitrogens with zero attached hydrogens (tertiary/aromatic N) is 1. The molecule has 2 fully saturated rings. The predicted octanol–water partition coefficient (Wildman–Crippen LogP) is 2.75. The molecule has 0 saturated carbocycles. The minimum absolute atomic E-state index is 0.131. The molecule has 2 saturated heterocycles. The molecule has 2 aliphatic rings. The second-order valence-electron chi connectivity index (χ2n) is 7.27. The molecule has 3 atom stereocenters. The number of likely N-dealkylation sites (tertiary alicyclic amines) is 1. The quantitative estimate of drug-likeness (QED) is 0.896. The minimum Gasteiger partial charge on any atom is -0.303 e. The third kappa shape index (κ3) is 3.67. The average Bonchev–Trinajstić information content (AvgIpc) is 2.96. The lowest BCUT2D eigenvalue weighted by Gasteiger charge is -2.38. The summed E-state index contributed by atoms with van der Waals surface area (Å²) in [7, 11) is 0. The van der Waals surface area contributed by atoms with E-state index in [0.29, 0.717) is 23.8 Å². The van der Waals surface area contributed by atoms with Gasteiger partial charge in [0.2, 0.25) is 0 Å². The summed E-state index contributed by atoms with van der Waals surface area (Å²) in [6.07, 6.45) is 2.53. The molecule has 0 spiro atoms. The van der Waals surface area contributed by atoms with Crippen LogP contribution in [0.1, 0.15) is 38.2 Å². The van der Waals surface area contributed by atoms with E-state index in [1.807, 2.05) is 6.07 Å². The Morgan fingerprint density at radius 1 is 1.36 bits per heavy atom. The molecule has 122 valence electrons. The van der Waals surface area contributed by atoms with Gasteiger partial charge >= 0.3 is 0 Å². The lowest BCUT2D eigenvalue weighted by molar-refractivity contribution is 0.133. The molecule has 1 aromatic rings. The number of nitrogens with one attached hydrogen (secondary N) is 2. The van der Waals surface area contributed by atoms with Crippen LogP contribution in [-0.2, 0) is 0 Å². The Labute approximate surface area is 133 Å². The smallest absolute Gasteiger partial charge is 0.123 e. The van der Waals surface area contributed by atoms with Crippen LogP contribution in [0.3, 0.4) is 0 Å². The summed E-state index contributed by atoms with van der Waals surface area (Å²) in [5.41, 5.74) is 7.89. The van der Waals surface area contributed by atoms with Crippen molar-refractivity contribution in [3.63, 3.8) is 0 Å². The predicted molar refractivity (Wildman–Crippen MR) is 88.1 cm³/mol. The molecular formula is C18H28FN3. The van der Waals surface area contributed by atoms with Gasteiger partial charge in [-0.3, -0.25) is 10.9 Å². The van der Waals surface area contributed by atoms with Crippen molar-refractivity contribution in [1.29, 1.82) is 0 Å². The summed E-state index contributed by atoms with van der Waals surface area (Å²) in [6, 6.07) is 7.51. The molecule has 3 unspecified atom stereocenters. The van der Waals surface area contributed by atoms with Crippen molar-refractivity contribution in [2.24, 2.45) is 11.8 Å². The molecule has 2 heterocycles. The maximum absolute atomic E-state index is 13.5. The highest BCUT2D eigenvalue weighted by Gasteiger charge is 2.36. The normalized spacial score (nSPS) is 30.1. The molecule has 2 aliphatic heterocycles. The first kappa shape index (κ1) is 15.9. The summed E-state index contributed by atoms with van der Waals surface area (Å²) in [5, 5.41) is 0. The summed E-state index contributed by atoms with van der Waals surface area (Å²) in [4.78, 5) is 2.60. The van der Waals surface area contributed by atoms with Crippen LogP contribution in [-0.4, -0.2) is 37.1 Å². The highest BCUT2D eigenvalue weighted by Crippen LogP contribution is 2.32. The van der Waals surface area contributed by atoms with E-state index >= 15 is 0 Å². The third-order valence-electron chi connectivity index (χ3n) is 4.97. The van der Waals surface area contributed by atoms with Gasteiger partial charge in [0, 0.05) is 31.6 Å². The largest absolute Gasteiger partial charge is 0.303 e. The van der Waals surface area contributed by atoms with Crippen molar-refractivity contribution >= 4 is 0 Å². The molecule has 22 heavy (non-hydrogen) atoms. The Morgan fingerprint density at radius 3 is 3.00 bits per heavy atom. The van der Waals surface area contributed by atoms with Gasteiger partial charge in [-0.25, -0.2) is 4.39 Å². The van der Waals surface area contributed by atoms with Crippen LogP contribution in [0.5, 0.6) is 0 Å². The third-order valence-corrected chi connectivity index (χ3v) is 4.97. The SMILES string of the molecule is CC(C)CN1CCCC(C2NNCC2c2cccc(F)c2)C1. The molecule has 3 rings (SSSR count). The van der Waals surface area contributed by atoms with Crippen molar-refractivity contribution < 1.29 is 4.39 Å². The van der Waals surface area contributed by atoms with E-state index in [1.54, 1.807) is 6.07 Å². The minimum atomic E-state index is -0.131. The van der Waals surface area contributed by atoms with Gasteiger partial charge in [0.25, 0.3) is 0 Å². The fourth-order valence-corrected chi connectivity index (χ4v) is 4.09. The van der Waals surface area contributed by atoms with Gasteiger partial charge in [-0.05, 0) is 48.9 Å². The number of piperidine rings is 1. The van der Waals surface area contributed by atoms with Crippen LogP contribution in [0.15, 0.2) is 24.3 Å². The first-order valence-electron chi connectivity index (χ1n) is 8.59. The summed E-state index contributed by atoms with van der Waals surface area (Å²) >= 11 is 0. The second kappa shape index (κ2) is 7.07. The Hall–Kier alpha value is -0.970.